The van der Waals surface area contributed by atoms with E-state index < -0.39 is 0 Å². The van der Waals surface area contributed by atoms with Crippen molar-refractivity contribution in [2.24, 2.45) is 0 Å². The van der Waals surface area contributed by atoms with Crippen LogP contribution >= 0.6 is 12.6 Å². The van der Waals surface area contributed by atoms with Crippen molar-refractivity contribution >= 4 is 12.6 Å². The Morgan fingerprint density at radius 3 is 2.25 bits per heavy atom. The van der Waals surface area contributed by atoms with Crippen LogP contribution in [0.2, 0.25) is 0 Å². The normalized spacial score (nSPS) is 15.6. The second-order valence-electron chi connectivity index (χ2n) is 2.79. The van der Waals surface area contributed by atoms with Crippen molar-refractivity contribution < 1.29 is 4.74 Å². The number of benzene rings is 1. The van der Waals surface area contributed by atoms with Gasteiger partial charge in [-0.3, -0.25) is 0 Å². The first-order valence-electron chi connectivity index (χ1n) is 4.08. The van der Waals surface area contributed by atoms with Gasteiger partial charge in [0.05, 0.1) is 11.5 Å². The molecule has 12 heavy (non-hydrogen) atoms. The van der Waals surface area contributed by atoms with Crippen molar-refractivity contribution in [1.82, 2.24) is 0 Å². The summed E-state index contributed by atoms with van der Waals surface area (Å²) in [6, 6.07) is 10.1. The van der Waals surface area contributed by atoms with Gasteiger partial charge < -0.3 is 4.74 Å². The molecular weight excluding hydrogens is 168 g/mol. The minimum Gasteiger partial charge on any atom is -0.361 e. The molecule has 0 spiro atoms. The van der Waals surface area contributed by atoms with E-state index in [-0.39, 0.29) is 11.5 Å². The Morgan fingerprint density at radius 2 is 1.75 bits per heavy atom. The van der Waals surface area contributed by atoms with Gasteiger partial charge >= 0.3 is 0 Å². The number of rotatable bonds is 3. The standard InChI is InChI=1S/C10H14OS/c1-8(11-9(2)12)10-6-4-3-5-7-10/h3-9,12H,1-2H3. The van der Waals surface area contributed by atoms with E-state index in [1.165, 1.54) is 5.56 Å². The van der Waals surface area contributed by atoms with Crippen LogP contribution in [0.15, 0.2) is 30.3 Å². The van der Waals surface area contributed by atoms with Crippen LogP contribution in [-0.2, 0) is 4.74 Å². The summed E-state index contributed by atoms with van der Waals surface area (Å²) in [7, 11) is 0. The first-order valence-corrected chi connectivity index (χ1v) is 4.60. The van der Waals surface area contributed by atoms with Gasteiger partial charge in [-0.15, -0.1) is 12.6 Å². The highest BCUT2D eigenvalue weighted by Crippen LogP contribution is 2.18. The Hall–Kier alpha value is -0.470. The largest absolute Gasteiger partial charge is 0.361 e. The van der Waals surface area contributed by atoms with E-state index in [2.05, 4.69) is 24.8 Å². The SMILES string of the molecule is CC(S)OC(C)c1ccccc1. The summed E-state index contributed by atoms with van der Waals surface area (Å²) in [6.07, 6.45) is 0.124. The number of hydrogen-bond acceptors (Lipinski definition) is 2. The monoisotopic (exact) mass is 182 g/mol. The minimum atomic E-state index is -0.0137. The van der Waals surface area contributed by atoms with Crippen LogP contribution in [0, 0.1) is 0 Å². The van der Waals surface area contributed by atoms with Crippen molar-refractivity contribution in [1.29, 1.82) is 0 Å². The van der Waals surface area contributed by atoms with Crippen LogP contribution in [0.1, 0.15) is 25.5 Å². The first-order chi connectivity index (χ1) is 5.70. The molecule has 0 saturated heterocycles. The molecule has 2 heteroatoms. The van der Waals surface area contributed by atoms with Gasteiger partial charge in [0.25, 0.3) is 0 Å². The van der Waals surface area contributed by atoms with Crippen LogP contribution in [0.25, 0.3) is 0 Å². The van der Waals surface area contributed by atoms with Gasteiger partial charge in [-0.1, -0.05) is 30.3 Å². The van der Waals surface area contributed by atoms with Gasteiger partial charge in [0.15, 0.2) is 0 Å². The zero-order valence-electron chi connectivity index (χ0n) is 7.40. The molecule has 2 unspecified atom stereocenters. The van der Waals surface area contributed by atoms with E-state index in [9.17, 15) is 0 Å². The molecule has 66 valence electrons. The third kappa shape index (κ3) is 2.88. The molecule has 0 aromatic heterocycles. The summed E-state index contributed by atoms with van der Waals surface area (Å²) >= 11 is 4.17. The fraction of sp³-hybridized carbons (Fsp3) is 0.400. The Balaban J connectivity index is 2.59. The zero-order valence-corrected chi connectivity index (χ0v) is 8.29. The topological polar surface area (TPSA) is 9.23 Å². The van der Waals surface area contributed by atoms with Crippen molar-refractivity contribution in [3.8, 4) is 0 Å². The summed E-state index contributed by atoms with van der Waals surface area (Å²) in [5, 5.41) is 0. The molecule has 1 aromatic rings. The molecule has 1 rings (SSSR count). The van der Waals surface area contributed by atoms with Gasteiger partial charge in [-0.2, -0.15) is 0 Å². The lowest BCUT2D eigenvalue weighted by atomic mass is 10.1. The average Bonchev–Trinajstić information content (AvgIpc) is 2.05. The van der Waals surface area contributed by atoms with E-state index in [1.54, 1.807) is 0 Å². The lowest BCUT2D eigenvalue weighted by Crippen LogP contribution is -2.04. The second kappa shape index (κ2) is 4.53. The summed E-state index contributed by atoms with van der Waals surface area (Å²) in [5.41, 5.74) is 1.18. The molecule has 1 nitrogen and oxygen atoms in total. The van der Waals surface area contributed by atoms with E-state index in [1.807, 2.05) is 32.0 Å². The molecule has 2 atom stereocenters. The average molecular weight is 182 g/mol. The molecular formula is C10H14OS. The number of ether oxygens (including phenoxy) is 1. The summed E-state index contributed by atoms with van der Waals surface area (Å²) in [5.74, 6) is 0. The zero-order chi connectivity index (χ0) is 8.97. The summed E-state index contributed by atoms with van der Waals surface area (Å²) in [4.78, 5) is 0. The maximum absolute atomic E-state index is 5.50. The fourth-order valence-corrected chi connectivity index (χ4v) is 1.28. The third-order valence-corrected chi connectivity index (χ3v) is 1.79. The quantitative estimate of drug-likeness (QED) is 0.558. The van der Waals surface area contributed by atoms with Crippen molar-refractivity contribution in [3.63, 3.8) is 0 Å². The molecule has 1 aromatic carbocycles. The van der Waals surface area contributed by atoms with Crippen LogP contribution in [0.5, 0.6) is 0 Å². The van der Waals surface area contributed by atoms with Gasteiger partial charge in [-0.05, 0) is 19.4 Å². The lowest BCUT2D eigenvalue weighted by molar-refractivity contribution is 0.0571. The van der Waals surface area contributed by atoms with Gasteiger partial charge in [0.2, 0.25) is 0 Å². The first kappa shape index (κ1) is 9.62. The third-order valence-electron chi connectivity index (χ3n) is 1.67. The van der Waals surface area contributed by atoms with E-state index in [0.717, 1.165) is 0 Å². The Labute approximate surface area is 79.2 Å². The van der Waals surface area contributed by atoms with Crippen molar-refractivity contribution in [2.45, 2.75) is 25.4 Å². The van der Waals surface area contributed by atoms with Crippen molar-refractivity contribution in [2.75, 3.05) is 0 Å². The second-order valence-corrected chi connectivity index (χ2v) is 3.52. The Kier molecular flexibility index (Phi) is 3.63. The Morgan fingerprint density at radius 1 is 1.17 bits per heavy atom. The molecule has 0 aliphatic rings. The highest BCUT2D eigenvalue weighted by molar-refractivity contribution is 7.80. The highest BCUT2D eigenvalue weighted by atomic mass is 32.1. The molecule has 0 amide bonds. The maximum atomic E-state index is 5.50. The molecule has 0 saturated carbocycles. The summed E-state index contributed by atoms with van der Waals surface area (Å²) in [6.45, 7) is 3.95. The Bertz CT molecular complexity index is 221. The lowest BCUT2D eigenvalue weighted by Gasteiger charge is -2.15. The maximum Gasteiger partial charge on any atom is 0.0979 e. The van der Waals surface area contributed by atoms with Crippen LogP contribution in [0.3, 0.4) is 0 Å². The van der Waals surface area contributed by atoms with Crippen LogP contribution in [0.4, 0.5) is 0 Å². The molecule has 0 fully saturated rings. The molecule has 0 bridgehead atoms. The van der Waals surface area contributed by atoms with E-state index >= 15 is 0 Å². The van der Waals surface area contributed by atoms with Crippen molar-refractivity contribution in [3.05, 3.63) is 35.9 Å². The minimum absolute atomic E-state index is 0.0137. The van der Waals surface area contributed by atoms with Gasteiger partial charge in [-0.25, -0.2) is 0 Å². The van der Waals surface area contributed by atoms with E-state index in [0.29, 0.717) is 0 Å². The van der Waals surface area contributed by atoms with Crippen LogP contribution < -0.4 is 0 Å². The van der Waals surface area contributed by atoms with Crippen LogP contribution in [-0.4, -0.2) is 5.44 Å². The molecule has 0 radical (unpaired) electrons. The van der Waals surface area contributed by atoms with Gasteiger partial charge in [0.1, 0.15) is 0 Å². The highest BCUT2D eigenvalue weighted by Gasteiger charge is 2.06. The molecule has 0 aliphatic carbocycles. The molecule has 0 N–H and O–H groups in total. The fourth-order valence-electron chi connectivity index (χ4n) is 1.10. The molecule has 0 heterocycles. The summed E-state index contributed by atoms with van der Waals surface area (Å²) < 4.78 is 5.50. The molecule has 0 aliphatic heterocycles. The van der Waals surface area contributed by atoms with E-state index in [4.69, 9.17) is 4.74 Å². The van der Waals surface area contributed by atoms with Gasteiger partial charge in [0, 0.05) is 0 Å². The number of thiol groups is 1. The predicted octanol–water partition coefficient (Wildman–Crippen LogP) is 3.04. The smallest absolute Gasteiger partial charge is 0.0979 e. The predicted molar refractivity (Wildman–Crippen MR) is 54.4 cm³/mol. The number of hydrogen-bond donors (Lipinski definition) is 1.